The molecule has 1 atom stereocenters. The Balaban J connectivity index is 1.99. The summed E-state index contributed by atoms with van der Waals surface area (Å²) in [5, 5.41) is 3.13. The molecule has 2 amide bonds. The van der Waals surface area contributed by atoms with Gasteiger partial charge in [-0.05, 0) is 36.6 Å². The van der Waals surface area contributed by atoms with Crippen LogP contribution in [0.5, 0.6) is 0 Å². The van der Waals surface area contributed by atoms with Crippen LogP contribution in [-0.2, 0) is 29.0 Å². The minimum absolute atomic E-state index is 0.135. The van der Waals surface area contributed by atoms with Crippen molar-refractivity contribution in [3.05, 3.63) is 106 Å². The molecule has 3 aromatic carbocycles. The highest BCUT2D eigenvalue weighted by molar-refractivity contribution is 6.31. The summed E-state index contributed by atoms with van der Waals surface area (Å²) >= 11 is 6.21. The molecule has 1 N–H and O–H groups in total. The zero-order chi connectivity index (χ0) is 24.5. The highest BCUT2D eigenvalue weighted by atomic mass is 35.5. The predicted octanol–water partition coefficient (Wildman–Crippen LogP) is 5.50. The number of carbonyl (C=O) groups excluding carboxylic acids is 2. The average Bonchev–Trinajstić information content (AvgIpc) is 2.82. The Morgan fingerprint density at radius 1 is 1.00 bits per heavy atom. The molecule has 0 aromatic heterocycles. The molecule has 0 bridgehead atoms. The van der Waals surface area contributed by atoms with Crippen LogP contribution in [0.4, 0.5) is 4.39 Å². The van der Waals surface area contributed by atoms with Crippen molar-refractivity contribution in [2.24, 2.45) is 0 Å². The van der Waals surface area contributed by atoms with Gasteiger partial charge >= 0.3 is 0 Å². The van der Waals surface area contributed by atoms with Crippen LogP contribution in [0.15, 0.2) is 72.8 Å². The molecule has 34 heavy (non-hydrogen) atoms. The van der Waals surface area contributed by atoms with Crippen molar-refractivity contribution in [2.45, 2.75) is 45.7 Å². The lowest BCUT2D eigenvalue weighted by Gasteiger charge is -2.32. The van der Waals surface area contributed by atoms with Gasteiger partial charge in [0.15, 0.2) is 0 Å². The van der Waals surface area contributed by atoms with Crippen molar-refractivity contribution in [1.29, 1.82) is 0 Å². The third-order valence-electron chi connectivity index (χ3n) is 5.65. The Labute approximate surface area is 205 Å². The van der Waals surface area contributed by atoms with Crippen molar-refractivity contribution in [1.82, 2.24) is 10.2 Å². The first-order valence-corrected chi connectivity index (χ1v) is 11.9. The standard InChI is InChI=1S/C28H30ClFN2O2/c1-3-15-31-28(34)26(17-21-10-5-4-6-11-21)32(19-22-12-7-9-20(2)16-22)27(33)18-23-24(29)13-8-14-25(23)30/h4-14,16,26H,3,15,17-19H2,1-2H3,(H,31,34)/t26-/m1/s1. The number of hydrogen-bond acceptors (Lipinski definition) is 2. The monoisotopic (exact) mass is 480 g/mol. The quantitative estimate of drug-likeness (QED) is 0.416. The maximum absolute atomic E-state index is 14.5. The molecule has 0 aliphatic carbocycles. The van der Waals surface area contributed by atoms with Crippen LogP contribution < -0.4 is 5.32 Å². The molecule has 6 heteroatoms. The highest BCUT2D eigenvalue weighted by Crippen LogP contribution is 2.22. The van der Waals surface area contributed by atoms with Crippen LogP contribution in [0.3, 0.4) is 0 Å². The average molecular weight is 481 g/mol. The molecule has 0 saturated heterocycles. The number of benzene rings is 3. The van der Waals surface area contributed by atoms with Gasteiger partial charge in [-0.25, -0.2) is 4.39 Å². The van der Waals surface area contributed by atoms with Crippen LogP contribution >= 0.6 is 11.6 Å². The molecule has 3 rings (SSSR count). The van der Waals surface area contributed by atoms with Crippen LogP contribution in [0.1, 0.15) is 35.6 Å². The molecule has 4 nitrogen and oxygen atoms in total. The van der Waals surface area contributed by atoms with E-state index in [1.165, 1.54) is 12.1 Å². The molecule has 0 fully saturated rings. The molecule has 0 spiro atoms. The third kappa shape index (κ3) is 6.91. The van der Waals surface area contributed by atoms with E-state index in [4.69, 9.17) is 11.6 Å². The van der Waals surface area contributed by atoms with Gasteiger partial charge in [0.05, 0.1) is 6.42 Å². The number of amides is 2. The second kappa shape index (κ2) is 12.3. The Kier molecular flexibility index (Phi) is 9.23. The van der Waals surface area contributed by atoms with E-state index in [2.05, 4.69) is 5.32 Å². The summed E-state index contributed by atoms with van der Waals surface area (Å²) in [4.78, 5) is 28.5. The second-order valence-electron chi connectivity index (χ2n) is 8.38. The largest absolute Gasteiger partial charge is 0.354 e. The molecule has 0 aliphatic heterocycles. The predicted molar refractivity (Wildman–Crippen MR) is 134 cm³/mol. The number of carbonyl (C=O) groups is 2. The number of nitrogens with zero attached hydrogens (tertiary/aromatic N) is 1. The number of hydrogen-bond donors (Lipinski definition) is 1. The molecule has 0 heterocycles. The molecule has 3 aromatic rings. The van der Waals surface area contributed by atoms with E-state index in [-0.39, 0.29) is 35.4 Å². The zero-order valence-electron chi connectivity index (χ0n) is 19.6. The van der Waals surface area contributed by atoms with Crippen molar-refractivity contribution >= 4 is 23.4 Å². The fraction of sp³-hybridized carbons (Fsp3) is 0.286. The Morgan fingerprint density at radius 2 is 1.71 bits per heavy atom. The van der Waals surface area contributed by atoms with Gasteiger partial charge in [0.25, 0.3) is 0 Å². The Bertz CT molecular complexity index is 1100. The zero-order valence-corrected chi connectivity index (χ0v) is 20.3. The van der Waals surface area contributed by atoms with Crippen molar-refractivity contribution in [2.75, 3.05) is 6.54 Å². The van der Waals surface area contributed by atoms with E-state index in [0.717, 1.165) is 23.1 Å². The molecule has 0 saturated carbocycles. The number of nitrogens with one attached hydrogen (secondary N) is 1. The van der Waals surface area contributed by atoms with Gasteiger partial charge in [0, 0.05) is 30.1 Å². The van der Waals surface area contributed by atoms with Crippen molar-refractivity contribution in [3.63, 3.8) is 0 Å². The molecule has 0 unspecified atom stereocenters. The maximum atomic E-state index is 14.5. The minimum atomic E-state index is -0.757. The lowest BCUT2D eigenvalue weighted by molar-refractivity contribution is -0.140. The Hall–Kier alpha value is -3.18. The first-order chi connectivity index (χ1) is 16.4. The summed E-state index contributed by atoms with van der Waals surface area (Å²) in [5.41, 5.74) is 3.02. The number of rotatable bonds is 10. The lowest BCUT2D eigenvalue weighted by atomic mass is 10.0. The van der Waals surface area contributed by atoms with Gasteiger partial charge in [0.2, 0.25) is 11.8 Å². The van der Waals surface area contributed by atoms with E-state index in [9.17, 15) is 14.0 Å². The topological polar surface area (TPSA) is 49.4 Å². The summed E-state index contributed by atoms with van der Waals surface area (Å²) < 4.78 is 14.5. The molecular weight excluding hydrogens is 451 g/mol. The maximum Gasteiger partial charge on any atom is 0.243 e. The van der Waals surface area contributed by atoms with Gasteiger partial charge in [-0.2, -0.15) is 0 Å². The molecular formula is C28H30ClFN2O2. The van der Waals surface area contributed by atoms with Crippen LogP contribution in [0.25, 0.3) is 0 Å². The SMILES string of the molecule is CCCNC(=O)[C@@H](Cc1ccccc1)N(Cc1cccc(C)c1)C(=O)Cc1c(F)cccc1Cl. The minimum Gasteiger partial charge on any atom is -0.354 e. The van der Waals surface area contributed by atoms with E-state index in [1.54, 1.807) is 11.0 Å². The third-order valence-corrected chi connectivity index (χ3v) is 6.00. The summed E-state index contributed by atoms with van der Waals surface area (Å²) in [7, 11) is 0. The van der Waals surface area contributed by atoms with E-state index >= 15 is 0 Å². The molecule has 0 radical (unpaired) electrons. The number of aryl methyl sites for hydroxylation is 1. The fourth-order valence-electron chi connectivity index (χ4n) is 3.88. The van der Waals surface area contributed by atoms with Crippen LogP contribution in [-0.4, -0.2) is 29.3 Å². The van der Waals surface area contributed by atoms with E-state index in [0.29, 0.717) is 13.0 Å². The van der Waals surface area contributed by atoms with Gasteiger partial charge in [-0.15, -0.1) is 0 Å². The van der Waals surface area contributed by atoms with E-state index < -0.39 is 11.9 Å². The van der Waals surface area contributed by atoms with Gasteiger partial charge in [-0.3, -0.25) is 9.59 Å². The normalized spacial score (nSPS) is 11.6. The first-order valence-electron chi connectivity index (χ1n) is 11.5. The summed E-state index contributed by atoms with van der Waals surface area (Å²) in [6.07, 6.45) is 0.892. The van der Waals surface area contributed by atoms with Crippen LogP contribution in [0.2, 0.25) is 5.02 Å². The highest BCUT2D eigenvalue weighted by Gasteiger charge is 2.31. The summed E-state index contributed by atoms with van der Waals surface area (Å²) in [6, 6.07) is 21.0. The smallest absolute Gasteiger partial charge is 0.243 e. The fourth-order valence-corrected chi connectivity index (χ4v) is 4.11. The number of halogens is 2. The Morgan fingerprint density at radius 3 is 2.38 bits per heavy atom. The van der Waals surface area contributed by atoms with E-state index in [1.807, 2.05) is 68.4 Å². The van der Waals surface area contributed by atoms with Gasteiger partial charge in [0.1, 0.15) is 11.9 Å². The molecule has 0 aliphatic rings. The summed E-state index contributed by atoms with van der Waals surface area (Å²) in [5.74, 6) is -1.13. The molecule has 178 valence electrons. The summed E-state index contributed by atoms with van der Waals surface area (Å²) in [6.45, 7) is 4.69. The lowest BCUT2D eigenvalue weighted by Crippen LogP contribution is -2.51. The second-order valence-corrected chi connectivity index (χ2v) is 8.79. The van der Waals surface area contributed by atoms with Crippen molar-refractivity contribution < 1.29 is 14.0 Å². The van der Waals surface area contributed by atoms with Gasteiger partial charge < -0.3 is 10.2 Å². The van der Waals surface area contributed by atoms with Gasteiger partial charge in [-0.1, -0.05) is 84.8 Å². The van der Waals surface area contributed by atoms with Crippen molar-refractivity contribution in [3.8, 4) is 0 Å². The first kappa shape index (κ1) is 25.4. The van der Waals surface area contributed by atoms with Crippen LogP contribution in [0, 0.1) is 12.7 Å².